The number of aliphatic hydroxyl groups excluding tert-OH is 1. The van der Waals surface area contributed by atoms with Gasteiger partial charge in [0.1, 0.15) is 42.3 Å². The fourth-order valence-corrected chi connectivity index (χ4v) is 9.94. The topological polar surface area (TPSA) is 166 Å². The second-order valence-electron chi connectivity index (χ2n) is 16.7. The summed E-state index contributed by atoms with van der Waals surface area (Å²) in [5.74, 6) is 3.93. The van der Waals surface area contributed by atoms with Gasteiger partial charge in [0.25, 0.3) is 0 Å². The van der Waals surface area contributed by atoms with E-state index in [1.54, 1.807) is 74.0 Å². The molecule has 2 saturated heterocycles. The van der Waals surface area contributed by atoms with E-state index < -0.39 is 59.4 Å². The summed E-state index contributed by atoms with van der Waals surface area (Å²) in [7, 11) is 3.05. The third-order valence-corrected chi connectivity index (χ3v) is 12.8. The van der Waals surface area contributed by atoms with E-state index in [2.05, 4.69) is 22.1 Å². The van der Waals surface area contributed by atoms with Crippen LogP contribution in [-0.4, -0.2) is 92.1 Å². The average molecular weight is 927 g/mol. The Morgan fingerprint density at radius 3 is 2.12 bits per heavy atom. The van der Waals surface area contributed by atoms with Crippen LogP contribution in [-0.2, 0) is 40.4 Å². The number of fused-ring (bicyclic) bond motifs is 3. The van der Waals surface area contributed by atoms with E-state index in [1.165, 1.54) is 7.11 Å². The summed E-state index contributed by atoms with van der Waals surface area (Å²) in [6, 6.07) is 40.4. The number of pyridine rings is 1. The molecular weight excluding hydrogens is 877 g/mol. The summed E-state index contributed by atoms with van der Waals surface area (Å²) in [6.07, 6.45) is 0.116. The molecular formula is C55H50N4O10. The molecule has 3 aliphatic heterocycles. The van der Waals surface area contributed by atoms with Crippen molar-refractivity contribution in [2.24, 2.45) is 5.92 Å². The molecule has 3 aliphatic rings. The zero-order chi connectivity index (χ0) is 47.9. The minimum atomic E-state index is -2.03. The first-order valence-electron chi connectivity index (χ1n) is 22.7. The van der Waals surface area contributed by atoms with Crippen molar-refractivity contribution in [3.8, 4) is 23.3 Å². The highest BCUT2D eigenvalue weighted by Crippen LogP contribution is 2.66. The number of hydrogen-bond acceptors (Lipinski definition) is 12. The number of esters is 1. The minimum Gasteiger partial charge on any atom is -0.497 e. The zero-order valence-corrected chi connectivity index (χ0v) is 38.0. The third-order valence-electron chi connectivity index (χ3n) is 12.8. The highest BCUT2D eigenvalue weighted by molar-refractivity contribution is 6.23. The van der Waals surface area contributed by atoms with Crippen molar-refractivity contribution in [1.82, 2.24) is 15.2 Å². The molecule has 6 unspecified atom stereocenters. The molecule has 0 radical (unpaired) electrons. The normalized spacial score (nSPS) is 21.4. The molecule has 14 heteroatoms. The molecule has 14 nitrogen and oxygen atoms in total. The van der Waals surface area contributed by atoms with Crippen LogP contribution in [0.3, 0.4) is 0 Å². The number of amides is 3. The molecule has 9 rings (SSSR count). The van der Waals surface area contributed by atoms with E-state index in [-0.39, 0.29) is 38.7 Å². The van der Waals surface area contributed by atoms with Crippen LogP contribution in [0.25, 0.3) is 0 Å². The van der Waals surface area contributed by atoms with Gasteiger partial charge >= 0.3 is 12.1 Å². The van der Waals surface area contributed by atoms with E-state index in [1.807, 2.05) is 89.8 Å². The summed E-state index contributed by atoms with van der Waals surface area (Å²) in [6.45, 7) is -0.181. The lowest BCUT2D eigenvalue weighted by Crippen LogP contribution is -2.56. The van der Waals surface area contributed by atoms with Gasteiger partial charge in [0.2, 0.25) is 11.8 Å². The van der Waals surface area contributed by atoms with Crippen LogP contribution in [0, 0.1) is 17.8 Å². The van der Waals surface area contributed by atoms with Gasteiger partial charge in [0, 0.05) is 43.1 Å². The number of hydrogen-bond donors (Lipinski definition) is 2. The highest BCUT2D eigenvalue weighted by atomic mass is 16.6. The molecule has 69 heavy (non-hydrogen) atoms. The second kappa shape index (κ2) is 20.6. The van der Waals surface area contributed by atoms with Crippen LogP contribution in [0.2, 0.25) is 0 Å². The Bertz CT molecular complexity index is 2860. The van der Waals surface area contributed by atoms with Crippen LogP contribution in [0.1, 0.15) is 57.3 Å². The molecule has 0 aliphatic carbocycles. The maximum atomic E-state index is 16.4. The molecule has 4 heterocycles. The number of nitrogens with zero attached hydrogens (tertiary/aromatic N) is 3. The molecule has 5 aromatic carbocycles. The van der Waals surface area contributed by atoms with Crippen molar-refractivity contribution >= 4 is 29.6 Å². The van der Waals surface area contributed by atoms with Crippen LogP contribution >= 0.6 is 0 Å². The number of methoxy groups -OCH3 is 2. The van der Waals surface area contributed by atoms with Crippen molar-refractivity contribution in [1.29, 1.82) is 0 Å². The first-order chi connectivity index (χ1) is 33.8. The fraction of sp³-hybridized carbons (Fsp3) is 0.255. The van der Waals surface area contributed by atoms with Crippen molar-refractivity contribution in [3.05, 3.63) is 191 Å². The van der Waals surface area contributed by atoms with Crippen molar-refractivity contribution in [2.75, 3.05) is 52.1 Å². The number of rotatable bonds is 14. The Morgan fingerprint density at radius 1 is 0.754 bits per heavy atom. The van der Waals surface area contributed by atoms with Gasteiger partial charge in [-0.25, -0.2) is 9.69 Å². The van der Waals surface area contributed by atoms with Gasteiger partial charge < -0.3 is 34.1 Å². The summed E-state index contributed by atoms with van der Waals surface area (Å²) in [5, 5.41) is 12.7. The summed E-state index contributed by atoms with van der Waals surface area (Å²) < 4.78 is 28.6. The Morgan fingerprint density at radius 2 is 1.43 bits per heavy atom. The second-order valence-corrected chi connectivity index (χ2v) is 16.7. The van der Waals surface area contributed by atoms with Crippen LogP contribution < -0.4 is 19.7 Å². The van der Waals surface area contributed by atoms with E-state index in [0.717, 1.165) is 16.2 Å². The van der Waals surface area contributed by atoms with Gasteiger partial charge in [-0.2, -0.15) is 0 Å². The van der Waals surface area contributed by atoms with Gasteiger partial charge in [-0.15, -0.1) is 0 Å². The van der Waals surface area contributed by atoms with Gasteiger partial charge in [-0.3, -0.25) is 24.3 Å². The maximum Gasteiger partial charge on any atom is 0.421 e. The van der Waals surface area contributed by atoms with E-state index in [0.29, 0.717) is 45.7 Å². The zero-order valence-electron chi connectivity index (χ0n) is 38.0. The number of ether oxygens (including phenoxy) is 5. The Kier molecular flexibility index (Phi) is 13.8. The summed E-state index contributed by atoms with van der Waals surface area (Å²) in [4.78, 5) is 69.3. The molecule has 0 bridgehead atoms. The van der Waals surface area contributed by atoms with Gasteiger partial charge in [0.05, 0.1) is 44.0 Å². The monoisotopic (exact) mass is 926 g/mol. The SMILES string of the molecule is COCCOC(=O)N1C(=O)C2(c3cc(C#Cc4ccc(OC)cc4)ccc31)C(C(=O)NCCc1ccccn1)C1C(=O)OC(c3ccccc3)C(c3ccccc3)N1C2c1ccc(OCCO)cc1. The molecule has 2 fully saturated rings. The lowest BCUT2D eigenvalue weighted by atomic mass is 9.65. The predicted molar refractivity (Wildman–Crippen MR) is 254 cm³/mol. The van der Waals surface area contributed by atoms with Crippen LogP contribution in [0.4, 0.5) is 10.5 Å². The predicted octanol–water partition coefficient (Wildman–Crippen LogP) is 6.67. The van der Waals surface area contributed by atoms with Crippen LogP contribution in [0.15, 0.2) is 152 Å². The smallest absolute Gasteiger partial charge is 0.421 e. The number of aromatic nitrogens is 1. The Hall–Kier alpha value is -7.83. The first-order valence-corrected chi connectivity index (χ1v) is 22.7. The quantitative estimate of drug-likeness (QED) is 0.0679. The molecule has 6 atom stereocenters. The lowest BCUT2D eigenvalue weighted by molar-refractivity contribution is -0.178. The van der Waals surface area contributed by atoms with Crippen molar-refractivity contribution in [2.45, 2.75) is 36.1 Å². The van der Waals surface area contributed by atoms with E-state index >= 15 is 14.4 Å². The highest BCUT2D eigenvalue weighted by Gasteiger charge is 2.75. The standard InChI is InChI=1S/C55H50N4O10/c1-65-33-34-68-54(64)58-45-27-20-37(17-16-36-18-23-42(66-2)24-19-36)35-44(45)55(53(58)63)46(51(61)57-30-28-41-15-9-10-29-56-41)48-52(62)69-49(39-13-7-4-8-14-39)47(38-11-5-3-6-12-38)59(48)50(55)40-21-25-43(26-22-40)67-32-31-60/h3-15,18-27,29,35,46-50,60H,28,30-34H2,1-2H3,(H,57,61). The summed E-state index contributed by atoms with van der Waals surface area (Å²) >= 11 is 0. The Labute approximate surface area is 399 Å². The number of benzene rings is 5. The number of anilines is 1. The summed E-state index contributed by atoms with van der Waals surface area (Å²) in [5.41, 5.74) is 2.30. The number of cyclic esters (lactones) is 1. The maximum absolute atomic E-state index is 16.4. The average Bonchev–Trinajstić information content (AvgIpc) is 3.85. The van der Waals surface area contributed by atoms with Crippen LogP contribution in [0.5, 0.6) is 11.5 Å². The lowest BCUT2D eigenvalue weighted by Gasteiger charge is -2.46. The van der Waals surface area contributed by atoms with E-state index in [9.17, 15) is 9.90 Å². The molecule has 1 aromatic heterocycles. The molecule has 1 spiro atoms. The van der Waals surface area contributed by atoms with Crippen molar-refractivity contribution in [3.63, 3.8) is 0 Å². The molecule has 6 aromatic rings. The number of carbonyl (C=O) groups is 4. The number of morpholine rings is 1. The largest absolute Gasteiger partial charge is 0.497 e. The number of imide groups is 1. The number of nitrogens with one attached hydrogen (secondary N) is 1. The third kappa shape index (κ3) is 8.91. The fourth-order valence-electron chi connectivity index (χ4n) is 9.94. The van der Waals surface area contributed by atoms with Crippen molar-refractivity contribution < 1.29 is 48.0 Å². The number of carbonyl (C=O) groups excluding carboxylic acids is 4. The van der Waals surface area contributed by atoms with Gasteiger partial charge in [-0.05, 0) is 89.0 Å². The van der Waals surface area contributed by atoms with Gasteiger partial charge in [0.15, 0.2) is 0 Å². The number of aliphatic hydroxyl groups is 1. The minimum absolute atomic E-state index is 0.0364. The first kappa shape index (κ1) is 46.3. The molecule has 0 saturated carbocycles. The molecule has 3 amide bonds. The molecule has 350 valence electrons. The van der Waals surface area contributed by atoms with E-state index in [4.69, 9.17) is 23.7 Å². The Balaban J connectivity index is 1.31. The van der Waals surface area contributed by atoms with Gasteiger partial charge in [-0.1, -0.05) is 90.7 Å². The molecule has 2 N–H and O–H groups in total.